The van der Waals surface area contributed by atoms with E-state index in [1.54, 1.807) is 0 Å². The van der Waals surface area contributed by atoms with Gasteiger partial charge in [-0.3, -0.25) is 0 Å². The van der Waals surface area contributed by atoms with Gasteiger partial charge in [0.25, 0.3) is 0 Å². The molecule has 2 heteroatoms. The highest BCUT2D eigenvalue weighted by atomic mass is 16.5. The molecule has 2 nitrogen and oxygen atoms in total. The summed E-state index contributed by atoms with van der Waals surface area (Å²) < 4.78 is 6.33. The number of hydrogen-bond donors (Lipinski definition) is 1. The first kappa shape index (κ1) is 13.6. The third-order valence-corrected chi connectivity index (χ3v) is 4.13. The predicted molar refractivity (Wildman–Crippen MR) is 75.8 cm³/mol. The first-order chi connectivity index (χ1) is 8.58. The Morgan fingerprint density at radius 2 is 1.94 bits per heavy atom. The maximum absolute atomic E-state index is 6.33. The molecule has 0 amide bonds. The van der Waals surface area contributed by atoms with Gasteiger partial charge >= 0.3 is 0 Å². The number of hydrogen-bond acceptors (Lipinski definition) is 2. The summed E-state index contributed by atoms with van der Waals surface area (Å²) in [5.41, 5.74) is 2.63. The van der Waals surface area contributed by atoms with Crippen LogP contribution in [0.1, 0.15) is 51.3 Å². The van der Waals surface area contributed by atoms with Gasteiger partial charge in [0.15, 0.2) is 0 Å². The Morgan fingerprint density at radius 1 is 1.28 bits per heavy atom. The highest BCUT2D eigenvalue weighted by Gasteiger charge is 2.35. The molecule has 1 aliphatic heterocycles. The molecular formula is C16H25NO. The number of benzene rings is 1. The van der Waals surface area contributed by atoms with Crippen molar-refractivity contribution in [3.63, 3.8) is 0 Å². The molecule has 100 valence electrons. The minimum Gasteiger partial charge on any atom is -0.364 e. The van der Waals surface area contributed by atoms with E-state index in [2.05, 4.69) is 57.3 Å². The van der Waals surface area contributed by atoms with Crippen molar-refractivity contribution < 1.29 is 4.74 Å². The zero-order valence-corrected chi connectivity index (χ0v) is 12.0. The molecule has 0 saturated carbocycles. The number of aryl methyl sites for hydroxylation is 1. The Morgan fingerprint density at radius 3 is 2.50 bits per heavy atom. The molecule has 3 atom stereocenters. The number of ether oxygens (including phenoxy) is 1. The SMILES string of the molecule is CCc1ccc(C2OC(C)(CC)CNC2C)cc1. The van der Waals surface area contributed by atoms with Crippen LogP contribution >= 0.6 is 0 Å². The maximum atomic E-state index is 6.33. The number of morpholine rings is 1. The summed E-state index contributed by atoms with van der Waals surface area (Å²) in [5, 5.41) is 3.58. The molecule has 0 radical (unpaired) electrons. The van der Waals surface area contributed by atoms with E-state index >= 15 is 0 Å². The normalized spacial score (nSPS) is 32.4. The molecule has 1 heterocycles. The van der Waals surface area contributed by atoms with Crippen LogP contribution in [0, 0.1) is 0 Å². The highest BCUT2D eigenvalue weighted by molar-refractivity contribution is 5.25. The van der Waals surface area contributed by atoms with Gasteiger partial charge < -0.3 is 10.1 Å². The van der Waals surface area contributed by atoms with Crippen LogP contribution in [-0.2, 0) is 11.2 Å². The average Bonchev–Trinajstić information content (AvgIpc) is 2.42. The quantitative estimate of drug-likeness (QED) is 0.883. The van der Waals surface area contributed by atoms with Crippen molar-refractivity contribution in [2.75, 3.05) is 6.54 Å². The predicted octanol–water partition coefficient (Wildman–Crippen LogP) is 3.47. The van der Waals surface area contributed by atoms with E-state index < -0.39 is 0 Å². The van der Waals surface area contributed by atoms with Gasteiger partial charge in [0.1, 0.15) is 0 Å². The Balaban J connectivity index is 2.18. The van der Waals surface area contributed by atoms with Crippen molar-refractivity contribution in [3.8, 4) is 0 Å². The Kier molecular flexibility index (Phi) is 4.08. The summed E-state index contributed by atoms with van der Waals surface area (Å²) in [6.45, 7) is 9.71. The Hall–Kier alpha value is -0.860. The van der Waals surface area contributed by atoms with Gasteiger partial charge in [-0.05, 0) is 37.8 Å². The Labute approximate surface area is 111 Å². The fourth-order valence-electron chi connectivity index (χ4n) is 2.44. The van der Waals surface area contributed by atoms with E-state index in [9.17, 15) is 0 Å². The van der Waals surface area contributed by atoms with Gasteiger partial charge in [0.05, 0.1) is 11.7 Å². The van der Waals surface area contributed by atoms with Gasteiger partial charge in [-0.25, -0.2) is 0 Å². The summed E-state index contributed by atoms with van der Waals surface area (Å²) in [4.78, 5) is 0. The smallest absolute Gasteiger partial charge is 0.0983 e. The van der Waals surface area contributed by atoms with Crippen molar-refractivity contribution in [2.24, 2.45) is 0 Å². The standard InChI is InChI=1S/C16H25NO/c1-5-13-7-9-14(10-8-13)15-12(3)17-11-16(4,6-2)18-15/h7-10,12,15,17H,5-6,11H2,1-4H3. The summed E-state index contributed by atoms with van der Waals surface area (Å²) in [6.07, 6.45) is 2.29. The van der Waals surface area contributed by atoms with Gasteiger partial charge in [0, 0.05) is 12.6 Å². The van der Waals surface area contributed by atoms with Crippen molar-refractivity contribution in [1.29, 1.82) is 0 Å². The third kappa shape index (κ3) is 2.76. The van der Waals surface area contributed by atoms with Gasteiger partial charge in [-0.15, -0.1) is 0 Å². The third-order valence-electron chi connectivity index (χ3n) is 4.13. The molecule has 1 fully saturated rings. The lowest BCUT2D eigenvalue weighted by Crippen LogP contribution is -2.52. The second-order valence-corrected chi connectivity index (χ2v) is 5.61. The van der Waals surface area contributed by atoms with Crippen molar-refractivity contribution in [1.82, 2.24) is 5.32 Å². The molecule has 1 N–H and O–H groups in total. The molecular weight excluding hydrogens is 222 g/mol. The molecule has 1 saturated heterocycles. The minimum atomic E-state index is -0.0411. The van der Waals surface area contributed by atoms with E-state index in [0.29, 0.717) is 6.04 Å². The molecule has 0 spiro atoms. The fraction of sp³-hybridized carbons (Fsp3) is 0.625. The number of nitrogens with one attached hydrogen (secondary N) is 1. The van der Waals surface area contributed by atoms with Crippen LogP contribution in [0.3, 0.4) is 0 Å². The monoisotopic (exact) mass is 247 g/mol. The van der Waals surface area contributed by atoms with E-state index in [-0.39, 0.29) is 11.7 Å². The molecule has 1 aromatic rings. The van der Waals surface area contributed by atoms with Crippen LogP contribution < -0.4 is 5.32 Å². The van der Waals surface area contributed by atoms with E-state index in [4.69, 9.17) is 4.74 Å². The van der Waals surface area contributed by atoms with E-state index in [1.165, 1.54) is 11.1 Å². The van der Waals surface area contributed by atoms with Crippen LogP contribution in [0.15, 0.2) is 24.3 Å². The highest BCUT2D eigenvalue weighted by Crippen LogP contribution is 2.32. The lowest BCUT2D eigenvalue weighted by Gasteiger charge is -2.42. The zero-order valence-electron chi connectivity index (χ0n) is 12.0. The molecule has 0 aromatic heterocycles. The maximum Gasteiger partial charge on any atom is 0.0983 e. The first-order valence-electron chi connectivity index (χ1n) is 7.08. The number of rotatable bonds is 3. The lowest BCUT2D eigenvalue weighted by molar-refractivity contribution is -0.126. The lowest BCUT2D eigenvalue weighted by atomic mass is 9.94. The summed E-state index contributed by atoms with van der Waals surface area (Å²) in [6, 6.07) is 9.22. The van der Waals surface area contributed by atoms with Crippen LogP contribution in [0.5, 0.6) is 0 Å². The second-order valence-electron chi connectivity index (χ2n) is 5.61. The molecule has 18 heavy (non-hydrogen) atoms. The van der Waals surface area contributed by atoms with Crippen molar-refractivity contribution in [2.45, 2.75) is 58.3 Å². The van der Waals surface area contributed by atoms with Crippen LogP contribution in [0.25, 0.3) is 0 Å². The molecule has 0 bridgehead atoms. The van der Waals surface area contributed by atoms with E-state index in [0.717, 1.165) is 19.4 Å². The fourth-order valence-corrected chi connectivity index (χ4v) is 2.44. The first-order valence-corrected chi connectivity index (χ1v) is 7.08. The van der Waals surface area contributed by atoms with Crippen LogP contribution in [0.4, 0.5) is 0 Å². The molecule has 0 aliphatic carbocycles. The van der Waals surface area contributed by atoms with E-state index in [1.807, 2.05) is 0 Å². The summed E-state index contributed by atoms with van der Waals surface area (Å²) in [7, 11) is 0. The van der Waals surface area contributed by atoms with Gasteiger partial charge in [-0.1, -0.05) is 38.1 Å². The average molecular weight is 247 g/mol. The minimum absolute atomic E-state index is 0.0411. The van der Waals surface area contributed by atoms with Crippen LogP contribution in [-0.4, -0.2) is 18.2 Å². The second kappa shape index (κ2) is 5.41. The molecule has 3 unspecified atom stereocenters. The van der Waals surface area contributed by atoms with Crippen molar-refractivity contribution in [3.05, 3.63) is 35.4 Å². The summed E-state index contributed by atoms with van der Waals surface area (Å²) in [5.74, 6) is 0. The zero-order chi connectivity index (χ0) is 13.2. The van der Waals surface area contributed by atoms with Gasteiger partial charge in [-0.2, -0.15) is 0 Å². The summed E-state index contributed by atoms with van der Waals surface area (Å²) >= 11 is 0. The molecule has 2 rings (SSSR count). The largest absolute Gasteiger partial charge is 0.364 e. The molecule has 1 aliphatic rings. The van der Waals surface area contributed by atoms with Gasteiger partial charge in [0.2, 0.25) is 0 Å². The Bertz CT molecular complexity index is 387. The van der Waals surface area contributed by atoms with Crippen molar-refractivity contribution >= 4 is 0 Å². The topological polar surface area (TPSA) is 21.3 Å². The molecule has 1 aromatic carbocycles. The van der Waals surface area contributed by atoms with Crippen LogP contribution in [0.2, 0.25) is 0 Å².